The summed E-state index contributed by atoms with van der Waals surface area (Å²) in [7, 11) is 0. The molecule has 5 heteroatoms. The molecule has 0 aliphatic carbocycles. The highest BCUT2D eigenvalue weighted by atomic mass is 32.1. The van der Waals surface area contributed by atoms with E-state index in [-0.39, 0.29) is 0 Å². The van der Waals surface area contributed by atoms with Gasteiger partial charge in [0.05, 0.1) is 10.7 Å². The molecule has 0 unspecified atom stereocenters. The van der Waals surface area contributed by atoms with Crippen molar-refractivity contribution in [3.05, 3.63) is 70.1 Å². The van der Waals surface area contributed by atoms with Gasteiger partial charge in [0.1, 0.15) is 11.6 Å². The lowest BCUT2D eigenvalue weighted by molar-refractivity contribution is 0.580. The summed E-state index contributed by atoms with van der Waals surface area (Å²) >= 11 is 1.46. The van der Waals surface area contributed by atoms with Crippen LogP contribution in [0.4, 0.5) is 14.5 Å². The van der Waals surface area contributed by atoms with Crippen LogP contribution in [-0.4, -0.2) is 4.98 Å². The van der Waals surface area contributed by atoms with Gasteiger partial charge in [-0.15, -0.1) is 11.3 Å². The summed E-state index contributed by atoms with van der Waals surface area (Å²) in [5.74, 6) is -1.14. The maximum atomic E-state index is 13.2. The molecule has 106 valence electrons. The van der Waals surface area contributed by atoms with Crippen LogP contribution >= 0.6 is 11.3 Å². The Morgan fingerprint density at radius 1 is 1.05 bits per heavy atom. The number of rotatable bonds is 3. The van der Waals surface area contributed by atoms with Gasteiger partial charge in [-0.25, -0.2) is 13.8 Å². The van der Waals surface area contributed by atoms with Gasteiger partial charge in [-0.3, -0.25) is 0 Å². The van der Waals surface area contributed by atoms with E-state index in [9.17, 15) is 8.78 Å². The molecule has 3 rings (SSSR count). The van der Waals surface area contributed by atoms with Crippen molar-refractivity contribution in [2.24, 2.45) is 0 Å². The molecule has 2 aromatic carbocycles. The van der Waals surface area contributed by atoms with Crippen molar-refractivity contribution in [3.8, 4) is 11.3 Å². The largest absolute Gasteiger partial charge is 0.399 e. The summed E-state index contributed by atoms with van der Waals surface area (Å²) in [4.78, 5) is 4.49. The molecular weight excluding hydrogens is 290 g/mol. The van der Waals surface area contributed by atoms with Gasteiger partial charge in [-0.1, -0.05) is 12.1 Å². The van der Waals surface area contributed by atoms with Crippen LogP contribution in [0.15, 0.2) is 47.8 Å². The van der Waals surface area contributed by atoms with Crippen molar-refractivity contribution < 1.29 is 8.78 Å². The van der Waals surface area contributed by atoms with E-state index in [1.54, 1.807) is 0 Å². The van der Waals surface area contributed by atoms with E-state index in [1.165, 1.54) is 23.5 Å². The molecule has 0 radical (unpaired) electrons. The van der Waals surface area contributed by atoms with E-state index < -0.39 is 11.6 Å². The quantitative estimate of drug-likeness (QED) is 0.734. The summed E-state index contributed by atoms with van der Waals surface area (Å²) in [6.07, 6.45) is 0.404. The summed E-state index contributed by atoms with van der Waals surface area (Å²) < 4.78 is 26.3. The fourth-order valence-corrected chi connectivity index (χ4v) is 2.95. The monoisotopic (exact) mass is 302 g/mol. The maximum Gasteiger partial charge on any atom is 0.126 e. The van der Waals surface area contributed by atoms with Crippen molar-refractivity contribution in [1.82, 2.24) is 4.98 Å². The molecule has 0 saturated heterocycles. The van der Waals surface area contributed by atoms with Crippen LogP contribution in [0, 0.1) is 11.6 Å². The van der Waals surface area contributed by atoms with Crippen LogP contribution in [0.5, 0.6) is 0 Å². The van der Waals surface area contributed by atoms with E-state index in [2.05, 4.69) is 4.98 Å². The Morgan fingerprint density at radius 3 is 2.52 bits per heavy atom. The maximum absolute atomic E-state index is 13.2. The average molecular weight is 302 g/mol. The molecule has 0 aliphatic heterocycles. The average Bonchev–Trinajstić information content (AvgIpc) is 2.86. The number of nitrogen functional groups attached to an aromatic ring is 1. The molecule has 0 amide bonds. The van der Waals surface area contributed by atoms with Crippen molar-refractivity contribution in [2.45, 2.75) is 6.42 Å². The smallest absolute Gasteiger partial charge is 0.126 e. The summed E-state index contributed by atoms with van der Waals surface area (Å²) in [5, 5.41) is 2.72. The topological polar surface area (TPSA) is 38.9 Å². The minimum absolute atomic E-state index is 0.404. The van der Waals surface area contributed by atoms with E-state index in [0.29, 0.717) is 17.7 Å². The third kappa shape index (κ3) is 3.25. The predicted octanol–water partition coefficient (Wildman–Crippen LogP) is 4.26. The zero-order chi connectivity index (χ0) is 14.8. The lowest BCUT2D eigenvalue weighted by Gasteiger charge is -2.00. The zero-order valence-corrected chi connectivity index (χ0v) is 11.8. The predicted molar refractivity (Wildman–Crippen MR) is 81.1 cm³/mol. The number of anilines is 1. The molecule has 1 heterocycles. The second-order valence-corrected chi connectivity index (χ2v) is 5.65. The summed E-state index contributed by atoms with van der Waals surface area (Å²) in [6.45, 7) is 0. The Morgan fingerprint density at radius 2 is 1.81 bits per heavy atom. The minimum atomic E-state index is -0.572. The van der Waals surface area contributed by atoms with Gasteiger partial charge in [-0.05, 0) is 29.8 Å². The number of thiazole rings is 1. The van der Waals surface area contributed by atoms with Gasteiger partial charge in [0.15, 0.2) is 0 Å². The number of nitrogens with two attached hydrogens (primary N) is 1. The van der Waals surface area contributed by atoms with Gasteiger partial charge in [-0.2, -0.15) is 0 Å². The molecule has 0 fully saturated rings. The van der Waals surface area contributed by atoms with E-state index in [4.69, 9.17) is 5.73 Å². The van der Waals surface area contributed by atoms with Gasteiger partial charge >= 0.3 is 0 Å². The van der Waals surface area contributed by atoms with Gasteiger partial charge < -0.3 is 5.73 Å². The van der Waals surface area contributed by atoms with Crippen molar-refractivity contribution in [3.63, 3.8) is 0 Å². The number of nitrogens with zero attached hydrogens (tertiary/aromatic N) is 1. The summed E-state index contributed by atoms with van der Waals surface area (Å²) in [6, 6.07) is 11.0. The highest BCUT2D eigenvalue weighted by Crippen LogP contribution is 2.25. The molecule has 2 N–H and O–H groups in total. The van der Waals surface area contributed by atoms with Crippen LogP contribution < -0.4 is 5.73 Å². The third-order valence-electron chi connectivity index (χ3n) is 3.01. The standard InChI is InChI=1S/C16H12F2N2S/c17-12-4-10(5-13(18)8-12)6-16-20-15(9-21-16)11-2-1-3-14(19)7-11/h1-5,7-9H,6,19H2. The van der Waals surface area contributed by atoms with Crippen molar-refractivity contribution in [1.29, 1.82) is 0 Å². The normalized spacial score (nSPS) is 10.8. The van der Waals surface area contributed by atoms with E-state index >= 15 is 0 Å². The van der Waals surface area contributed by atoms with E-state index in [1.807, 2.05) is 29.6 Å². The molecule has 0 spiro atoms. The minimum Gasteiger partial charge on any atom is -0.399 e. The molecule has 0 atom stereocenters. The van der Waals surface area contributed by atoms with Gasteiger partial charge in [0, 0.05) is 29.1 Å². The van der Waals surface area contributed by atoms with Crippen molar-refractivity contribution in [2.75, 3.05) is 5.73 Å². The SMILES string of the molecule is Nc1cccc(-c2csc(Cc3cc(F)cc(F)c3)n2)c1. The number of halogens is 2. The molecule has 21 heavy (non-hydrogen) atoms. The fourth-order valence-electron chi connectivity index (χ4n) is 2.11. The highest BCUT2D eigenvalue weighted by molar-refractivity contribution is 7.10. The lowest BCUT2D eigenvalue weighted by atomic mass is 10.1. The van der Waals surface area contributed by atoms with Crippen LogP contribution in [0.25, 0.3) is 11.3 Å². The first kappa shape index (κ1) is 13.7. The summed E-state index contributed by atoms with van der Waals surface area (Å²) in [5.41, 5.74) is 8.75. The Bertz CT molecular complexity index is 763. The van der Waals surface area contributed by atoms with Crippen LogP contribution in [0.2, 0.25) is 0 Å². The zero-order valence-electron chi connectivity index (χ0n) is 11.0. The first-order valence-corrected chi connectivity index (χ1v) is 7.23. The van der Waals surface area contributed by atoms with Crippen LogP contribution in [0.3, 0.4) is 0 Å². The van der Waals surface area contributed by atoms with Gasteiger partial charge in [0.2, 0.25) is 0 Å². The Labute approximate surface area is 124 Å². The fraction of sp³-hybridized carbons (Fsp3) is 0.0625. The highest BCUT2D eigenvalue weighted by Gasteiger charge is 2.07. The lowest BCUT2D eigenvalue weighted by Crippen LogP contribution is -1.91. The Hall–Kier alpha value is -2.27. The molecule has 0 aliphatic rings. The first-order chi connectivity index (χ1) is 10.1. The van der Waals surface area contributed by atoms with Gasteiger partial charge in [0.25, 0.3) is 0 Å². The number of hydrogen-bond acceptors (Lipinski definition) is 3. The third-order valence-corrected chi connectivity index (χ3v) is 3.86. The molecule has 0 saturated carbocycles. The number of benzene rings is 2. The van der Waals surface area contributed by atoms with Crippen LogP contribution in [0.1, 0.15) is 10.6 Å². The van der Waals surface area contributed by atoms with E-state index in [0.717, 1.165) is 22.3 Å². The number of aromatic nitrogens is 1. The van der Waals surface area contributed by atoms with Crippen LogP contribution in [-0.2, 0) is 6.42 Å². The molecular formula is C16H12F2N2S. The van der Waals surface area contributed by atoms with Crippen molar-refractivity contribution >= 4 is 17.0 Å². The number of hydrogen-bond donors (Lipinski definition) is 1. The second kappa shape index (κ2) is 5.61. The Balaban J connectivity index is 1.85. The Kier molecular flexibility index (Phi) is 3.66. The molecule has 0 bridgehead atoms. The molecule has 2 nitrogen and oxygen atoms in total. The first-order valence-electron chi connectivity index (χ1n) is 6.35. The second-order valence-electron chi connectivity index (χ2n) is 4.71. The molecule has 3 aromatic rings. The molecule has 1 aromatic heterocycles.